The first-order chi connectivity index (χ1) is 9.51. The fraction of sp³-hybridized carbons (Fsp3) is 0.867. The maximum Gasteiger partial charge on any atom is 0.307 e. The van der Waals surface area contributed by atoms with Crippen molar-refractivity contribution in [3.63, 3.8) is 0 Å². The number of nitrogens with zero attached hydrogens (tertiary/aromatic N) is 1. The third-order valence-electron chi connectivity index (χ3n) is 4.87. The van der Waals surface area contributed by atoms with E-state index in [4.69, 9.17) is 0 Å². The van der Waals surface area contributed by atoms with E-state index in [1.54, 1.807) is 0 Å². The lowest BCUT2D eigenvalue weighted by Crippen LogP contribution is -2.45. The summed E-state index contributed by atoms with van der Waals surface area (Å²) in [6, 6.07) is 0. The van der Waals surface area contributed by atoms with Crippen molar-refractivity contribution in [2.45, 2.75) is 64.1 Å². The fourth-order valence-corrected chi connectivity index (χ4v) is 3.36. The maximum atomic E-state index is 12.6. The number of carbonyl (C=O) groups excluding carboxylic acids is 2. The predicted octanol–water partition coefficient (Wildman–Crippen LogP) is 1.67. The summed E-state index contributed by atoms with van der Waals surface area (Å²) in [5.74, 6) is 0.388. The van der Waals surface area contributed by atoms with Crippen LogP contribution in [0.5, 0.6) is 0 Å². The van der Waals surface area contributed by atoms with Crippen molar-refractivity contribution >= 4 is 11.9 Å². The first-order valence-corrected chi connectivity index (χ1v) is 7.67. The van der Waals surface area contributed by atoms with Crippen LogP contribution in [0.2, 0.25) is 0 Å². The molecule has 2 aliphatic rings. The molecule has 1 aliphatic carbocycles. The highest BCUT2D eigenvalue weighted by atomic mass is 16.5. The van der Waals surface area contributed by atoms with Crippen LogP contribution in [0.15, 0.2) is 0 Å². The van der Waals surface area contributed by atoms with Crippen molar-refractivity contribution in [3.05, 3.63) is 0 Å². The first kappa shape index (κ1) is 15.3. The molecular formula is C15H26N2O3. The Morgan fingerprint density at radius 3 is 2.65 bits per heavy atom. The Labute approximate surface area is 121 Å². The van der Waals surface area contributed by atoms with Crippen LogP contribution in [0.1, 0.15) is 52.4 Å². The molecule has 5 nitrogen and oxygen atoms in total. The number of carbonyl (C=O) groups is 2. The van der Waals surface area contributed by atoms with Gasteiger partial charge in [-0.25, -0.2) is 0 Å². The lowest BCUT2D eigenvalue weighted by Gasteiger charge is -2.28. The minimum atomic E-state index is -0.483. The second-order valence-corrected chi connectivity index (χ2v) is 6.14. The number of methoxy groups -OCH3 is 1. The van der Waals surface area contributed by atoms with Gasteiger partial charge in [0.1, 0.15) is 0 Å². The normalized spacial score (nSPS) is 31.1. The van der Waals surface area contributed by atoms with Crippen LogP contribution in [0.3, 0.4) is 0 Å². The number of amides is 1. The van der Waals surface area contributed by atoms with E-state index >= 15 is 0 Å². The van der Waals surface area contributed by atoms with E-state index in [9.17, 15) is 9.59 Å². The van der Waals surface area contributed by atoms with Gasteiger partial charge in [-0.2, -0.15) is 0 Å². The van der Waals surface area contributed by atoms with E-state index in [1.165, 1.54) is 32.8 Å². The molecule has 1 saturated heterocycles. The molecule has 0 aromatic heterocycles. The summed E-state index contributed by atoms with van der Waals surface area (Å²) in [6.45, 7) is 4.45. The number of esters is 1. The summed E-state index contributed by atoms with van der Waals surface area (Å²) >= 11 is 0. The van der Waals surface area contributed by atoms with Gasteiger partial charge in [0.25, 0.3) is 0 Å². The Bertz CT molecular complexity index is 379. The average molecular weight is 282 g/mol. The second-order valence-electron chi connectivity index (χ2n) is 6.14. The van der Waals surface area contributed by atoms with Crippen LogP contribution >= 0.6 is 0 Å². The molecule has 114 valence electrons. The molecule has 2 rings (SSSR count). The fourth-order valence-electron chi connectivity index (χ4n) is 3.36. The molecule has 1 N–H and O–H groups in total. The van der Waals surface area contributed by atoms with Gasteiger partial charge in [-0.1, -0.05) is 19.8 Å². The molecule has 0 radical (unpaired) electrons. The lowest BCUT2D eigenvalue weighted by atomic mass is 9.99. The van der Waals surface area contributed by atoms with Gasteiger partial charge in [-0.3, -0.25) is 14.9 Å². The molecule has 1 saturated carbocycles. The predicted molar refractivity (Wildman–Crippen MR) is 75.9 cm³/mol. The van der Waals surface area contributed by atoms with E-state index in [-0.39, 0.29) is 24.5 Å². The summed E-state index contributed by atoms with van der Waals surface area (Å²) in [4.78, 5) is 25.9. The minimum absolute atomic E-state index is 0.0830. The molecule has 0 spiro atoms. The maximum absolute atomic E-state index is 12.6. The lowest BCUT2D eigenvalue weighted by molar-refractivity contribution is -0.142. The summed E-state index contributed by atoms with van der Waals surface area (Å²) in [5.41, 5.74) is -0.483. The van der Waals surface area contributed by atoms with Crippen LogP contribution < -0.4 is 5.32 Å². The van der Waals surface area contributed by atoms with Crippen LogP contribution in [0.4, 0.5) is 0 Å². The summed E-state index contributed by atoms with van der Waals surface area (Å²) in [7, 11) is 1.39. The molecule has 20 heavy (non-hydrogen) atoms. The number of nitrogens with one attached hydrogen (secondary N) is 1. The number of ether oxygens (including phenoxy) is 1. The highest BCUT2D eigenvalue weighted by molar-refractivity contribution is 5.88. The Kier molecular flexibility index (Phi) is 4.68. The molecule has 2 fully saturated rings. The zero-order valence-electron chi connectivity index (χ0n) is 12.8. The average Bonchev–Trinajstić information content (AvgIpc) is 3.06. The first-order valence-electron chi connectivity index (χ1n) is 7.67. The Hall–Kier alpha value is -1.10. The number of rotatable bonds is 5. The van der Waals surface area contributed by atoms with E-state index in [0.29, 0.717) is 12.5 Å². The van der Waals surface area contributed by atoms with Crippen LogP contribution in [-0.2, 0) is 14.3 Å². The molecule has 1 aliphatic heterocycles. The largest absolute Gasteiger partial charge is 0.469 e. The molecule has 0 aromatic rings. The van der Waals surface area contributed by atoms with Crippen molar-refractivity contribution in [1.29, 1.82) is 0 Å². The third kappa shape index (κ3) is 2.82. The molecule has 0 aromatic carbocycles. The van der Waals surface area contributed by atoms with Crippen molar-refractivity contribution in [2.75, 3.05) is 13.7 Å². The number of hydrogen-bond donors (Lipinski definition) is 1. The summed E-state index contributed by atoms with van der Waals surface area (Å²) in [5, 5.41) is 3.52. The topological polar surface area (TPSA) is 58.6 Å². The zero-order chi connectivity index (χ0) is 14.8. The molecule has 2 atom stereocenters. The highest BCUT2D eigenvalue weighted by Gasteiger charge is 2.49. The second kappa shape index (κ2) is 6.12. The molecule has 2 unspecified atom stereocenters. The van der Waals surface area contributed by atoms with Gasteiger partial charge < -0.3 is 9.64 Å². The number of hydrogen-bond acceptors (Lipinski definition) is 4. The van der Waals surface area contributed by atoms with Crippen molar-refractivity contribution in [2.24, 2.45) is 5.92 Å². The molecule has 0 bridgehead atoms. The monoisotopic (exact) mass is 282 g/mol. The van der Waals surface area contributed by atoms with Crippen molar-refractivity contribution < 1.29 is 14.3 Å². The van der Waals surface area contributed by atoms with E-state index < -0.39 is 5.54 Å². The van der Waals surface area contributed by atoms with Gasteiger partial charge in [-0.15, -0.1) is 0 Å². The van der Waals surface area contributed by atoms with Crippen LogP contribution in [0.25, 0.3) is 0 Å². The minimum Gasteiger partial charge on any atom is -0.469 e. The van der Waals surface area contributed by atoms with E-state index in [2.05, 4.69) is 10.1 Å². The van der Waals surface area contributed by atoms with Gasteiger partial charge in [0, 0.05) is 6.54 Å². The van der Waals surface area contributed by atoms with Gasteiger partial charge in [0.05, 0.1) is 25.2 Å². The molecule has 1 heterocycles. The standard InChI is InChI=1S/C15H26N2O3/c1-4-15(2)14(19)17(10-9-12(18)20-3)13(16-15)11-7-5-6-8-11/h11,13,16H,4-10H2,1-3H3. The van der Waals surface area contributed by atoms with Gasteiger partial charge in [-0.05, 0) is 32.1 Å². The quantitative estimate of drug-likeness (QED) is 0.779. The van der Waals surface area contributed by atoms with Crippen LogP contribution in [0, 0.1) is 5.92 Å². The van der Waals surface area contributed by atoms with E-state index in [0.717, 1.165) is 6.42 Å². The van der Waals surface area contributed by atoms with Gasteiger partial charge in [0.2, 0.25) is 5.91 Å². The van der Waals surface area contributed by atoms with E-state index in [1.807, 2.05) is 18.7 Å². The molecule has 5 heteroatoms. The molecular weight excluding hydrogens is 256 g/mol. The smallest absolute Gasteiger partial charge is 0.307 e. The van der Waals surface area contributed by atoms with Crippen molar-refractivity contribution in [3.8, 4) is 0 Å². The van der Waals surface area contributed by atoms with Gasteiger partial charge in [0.15, 0.2) is 0 Å². The Morgan fingerprint density at radius 1 is 1.45 bits per heavy atom. The summed E-state index contributed by atoms with van der Waals surface area (Å²) < 4.78 is 4.69. The zero-order valence-corrected chi connectivity index (χ0v) is 12.8. The Balaban J connectivity index is 2.10. The van der Waals surface area contributed by atoms with Crippen LogP contribution in [-0.4, -0.2) is 42.1 Å². The van der Waals surface area contributed by atoms with Crippen molar-refractivity contribution in [1.82, 2.24) is 10.2 Å². The SMILES string of the molecule is CCC1(C)NC(C2CCCC2)N(CCC(=O)OC)C1=O. The Morgan fingerprint density at radius 2 is 2.10 bits per heavy atom. The van der Waals surface area contributed by atoms with Gasteiger partial charge >= 0.3 is 5.97 Å². The third-order valence-corrected chi connectivity index (χ3v) is 4.87. The molecule has 1 amide bonds. The summed E-state index contributed by atoms with van der Waals surface area (Å²) in [6.07, 6.45) is 5.94. The highest BCUT2D eigenvalue weighted by Crippen LogP contribution is 2.35.